The van der Waals surface area contributed by atoms with Crippen LogP contribution in [0.4, 0.5) is 0 Å². The number of carbonyl (C=O) groups is 1. The van der Waals surface area contributed by atoms with Gasteiger partial charge in [0.1, 0.15) is 0 Å². The van der Waals surface area contributed by atoms with E-state index in [1.807, 2.05) is 26.0 Å². The molecule has 3 N–H and O–H groups in total. The Bertz CT molecular complexity index is 311. The molecule has 0 radical (unpaired) electrons. The van der Waals surface area contributed by atoms with E-state index in [1.54, 1.807) is 12.4 Å². The molecule has 0 bridgehead atoms. The van der Waals surface area contributed by atoms with E-state index in [-0.39, 0.29) is 17.9 Å². The lowest BCUT2D eigenvalue weighted by molar-refractivity contribution is -0.121. The summed E-state index contributed by atoms with van der Waals surface area (Å²) in [5.74, 6) is -0.118. The van der Waals surface area contributed by atoms with Crippen LogP contribution in [-0.4, -0.2) is 16.9 Å². The molecule has 0 fully saturated rings. The van der Waals surface area contributed by atoms with E-state index in [9.17, 15) is 4.79 Å². The summed E-state index contributed by atoms with van der Waals surface area (Å²) in [4.78, 5) is 15.1. The van der Waals surface area contributed by atoms with Crippen molar-refractivity contribution in [3.63, 3.8) is 0 Å². The van der Waals surface area contributed by atoms with E-state index in [1.165, 1.54) is 0 Å². The molecular weight excluding hydrogens is 190 g/mol. The van der Waals surface area contributed by atoms with Crippen molar-refractivity contribution in [3.8, 4) is 0 Å². The topological polar surface area (TPSA) is 68.0 Å². The summed E-state index contributed by atoms with van der Waals surface area (Å²) < 4.78 is 0. The van der Waals surface area contributed by atoms with Crippen molar-refractivity contribution >= 4 is 5.91 Å². The van der Waals surface area contributed by atoms with Gasteiger partial charge in [0, 0.05) is 18.9 Å². The SMILES string of the molecule is CC(C)C(NCc1cccnc1)C(N)=O. The summed E-state index contributed by atoms with van der Waals surface area (Å²) in [6.07, 6.45) is 3.49. The van der Waals surface area contributed by atoms with E-state index >= 15 is 0 Å². The number of hydrogen-bond donors (Lipinski definition) is 2. The Morgan fingerprint density at radius 1 is 1.60 bits per heavy atom. The summed E-state index contributed by atoms with van der Waals surface area (Å²) in [5, 5.41) is 3.12. The minimum Gasteiger partial charge on any atom is -0.368 e. The number of amides is 1. The molecule has 1 amide bonds. The molecule has 4 nitrogen and oxygen atoms in total. The zero-order chi connectivity index (χ0) is 11.3. The number of nitrogens with zero attached hydrogens (tertiary/aromatic N) is 1. The Kier molecular flexibility index (Phi) is 4.24. The normalized spacial score (nSPS) is 12.7. The molecule has 0 saturated heterocycles. The zero-order valence-electron chi connectivity index (χ0n) is 9.10. The van der Waals surface area contributed by atoms with Gasteiger partial charge in [0.2, 0.25) is 5.91 Å². The highest BCUT2D eigenvalue weighted by atomic mass is 16.1. The van der Waals surface area contributed by atoms with Crippen LogP contribution in [0, 0.1) is 5.92 Å². The highest BCUT2D eigenvalue weighted by molar-refractivity contribution is 5.80. The predicted molar refractivity (Wildman–Crippen MR) is 58.9 cm³/mol. The van der Waals surface area contributed by atoms with E-state index in [0.717, 1.165) is 5.56 Å². The second kappa shape index (κ2) is 5.46. The summed E-state index contributed by atoms with van der Waals surface area (Å²) in [6.45, 7) is 4.54. The number of aromatic nitrogens is 1. The third kappa shape index (κ3) is 3.67. The van der Waals surface area contributed by atoms with Gasteiger partial charge >= 0.3 is 0 Å². The van der Waals surface area contributed by atoms with Crippen molar-refractivity contribution < 1.29 is 4.79 Å². The number of primary amides is 1. The molecule has 1 atom stereocenters. The lowest BCUT2D eigenvalue weighted by atomic mass is 10.0. The molecule has 82 valence electrons. The number of nitrogens with one attached hydrogen (secondary N) is 1. The van der Waals surface area contributed by atoms with E-state index < -0.39 is 0 Å². The van der Waals surface area contributed by atoms with Gasteiger partial charge in [0.25, 0.3) is 0 Å². The molecular formula is C11H17N3O. The molecule has 15 heavy (non-hydrogen) atoms. The highest BCUT2D eigenvalue weighted by Gasteiger charge is 2.18. The Morgan fingerprint density at radius 2 is 2.33 bits per heavy atom. The molecule has 0 aliphatic carbocycles. The predicted octanol–water partition coefficient (Wildman–Crippen LogP) is 0.681. The molecule has 4 heteroatoms. The molecule has 1 aromatic heterocycles. The minimum atomic E-state index is -0.311. The van der Waals surface area contributed by atoms with Crippen molar-refractivity contribution in [2.45, 2.75) is 26.4 Å². The number of nitrogens with two attached hydrogens (primary N) is 1. The Hall–Kier alpha value is -1.42. The molecule has 1 unspecified atom stereocenters. The van der Waals surface area contributed by atoms with Gasteiger partial charge in [-0.05, 0) is 17.5 Å². The second-order valence-electron chi connectivity index (χ2n) is 3.87. The highest BCUT2D eigenvalue weighted by Crippen LogP contribution is 2.03. The summed E-state index contributed by atoms with van der Waals surface area (Å²) in [5.41, 5.74) is 6.33. The average Bonchev–Trinajstić information content (AvgIpc) is 2.18. The summed E-state index contributed by atoms with van der Waals surface area (Å²) in [6, 6.07) is 3.54. The van der Waals surface area contributed by atoms with E-state index in [4.69, 9.17) is 5.73 Å². The Morgan fingerprint density at radius 3 is 2.80 bits per heavy atom. The fourth-order valence-electron chi connectivity index (χ4n) is 1.40. The number of carbonyl (C=O) groups excluding carboxylic acids is 1. The average molecular weight is 207 g/mol. The van der Waals surface area contributed by atoms with Crippen molar-refractivity contribution in [3.05, 3.63) is 30.1 Å². The van der Waals surface area contributed by atoms with Crippen molar-refractivity contribution in [1.29, 1.82) is 0 Å². The Balaban J connectivity index is 2.51. The van der Waals surface area contributed by atoms with Gasteiger partial charge in [-0.15, -0.1) is 0 Å². The van der Waals surface area contributed by atoms with Crippen LogP contribution in [0.5, 0.6) is 0 Å². The standard InChI is InChI=1S/C11H17N3O/c1-8(2)10(11(12)15)14-7-9-4-3-5-13-6-9/h3-6,8,10,14H,7H2,1-2H3,(H2,12,15). The molecule has 1 rings (SSSR count). The molecule has 0 aliphatic rings. The van der Waals surface area contributed by atoms with Crippen LogP contribution >= 0.6 is 0 Å². The fourth-order valence-corrected chi connectivity index (χ4v) is 1.40. The van der Waals surface area contributed by atoms with Crippen LogP contribution in [0.15, 0.2) is 24.5 Å². The molecule has 0 aromatic carbocycles. The minimum absolute atomic E-state index is 0.194. The van der Waals surface area contributed by atoms with Crippen LogP contribution in [0.25, 0.3) is 0 Å². The lowest BCUT2D eigenvalue weighted by Gasteiger charge is -2.18. The van der Waals surface area contributed by atoms with E-state index in [2.05, 4.69) is 10.3 Å². The van der Waals surface area contributed by atoms with Gasteiger partial charge in [-0.2, -0.15) is 0 Å². The number of rotatable bonds is 5. The van der Waals surface area contributed by atoms with Crippen LogP contribution in [0.1, 0.15) is 19.4 Å². The molecule has 1 aromatic rings. The maximum Gasteiger partial charge on any atom is 0.234 e. The molecule has 0 aliphatic heterocycles. The van der Waals surface area contributed by atoms with E-state index in [0.29, 0.717) is 6.54 Å². The maximum absolute atomic E-state index is 11.1. The van der Waals surface area contributed by atoms with Crippen molar-refractivity contribution in [2.75, 3.05) is 0 Å². The van der Waals surface area contributed by atoms with Gasteiger partial charge in [0.15, 0.2) is 0 Å². The molecule has 1 heterocycles. The monoisotopic (exact) mass is 207 g/mol. The Labute approximate surface area is 89.9 Å². The van der Waals surface area contributed by atoms with Crippen LogP contribution in [0.2, 0.25) is 0 Å². The van der Waals surface area contributed by atoms with Gasteiger partial charge < -0.3 is 11.1 Å². The summed E-state index contributed by atoms with van der Waals surface area (Å²) in [7, 11) is 0. The van der Waals surface area contributed by atoms with Gasteiger partial charge in [-0.3, -0.25) is 9.78 Å². The molecule has 0 spiro atoms. The first-order valence-corrected chi connectivity index (χ1v) is 5.03. The first-order valence-electron chi connectivity index (χ1n) is 5.03. The van der Waals surface area contributed by atoms with Crippen LogP contribution in [-0.2, 0) is 11.3 Å². The largest absolute Gasteiger partial charge is 0.368 e. The van der Waals surface area contributed by atoms with Gasteiger partial charge in [0.05, 0.1) is 6.04 Å². The van der Waals surface area contributed by atoms with Crippen molar-refractivity contribution in [1.82, 2.24) is 10.3 Å². The first-order chi connectivity index (χ1) is 7.11. The van der Waals surface area contributed by atoms with Gasteiger partial charge in [-0.1, -0.05) is 19.9 Å². The fraction of sp³-hybridized carbons (Fsp3) is 0.455. The lowest BCUT2D eigenvalue weighted by Crippen LogP contribution is -2.44. The number of hydrogen-bond acceptors (Lipinski definition) is 3. The third-order valence-corrected chi connectivity index (χ3v) is 2.22. The number of pyridine rings is 1. The van der Waals surface area contributed by atoms with Crippen LogP contribution < -0.4 is 11.1 Å². The maximum atomic E-state index is 11.1. The third-order valence-electron chi connectivity index (χ3n) is 2.22. The zero-order valence-corrected chi connectivity index (χ0v) is 9.10. The van der Waals surface area contributed by atoms with Crippen molar-refractivity contribution in [2.24, 2.45) is 11.7 Å². The summed E-state index contributed by atoms with van der Waals surface area (Å²) >= 11 is 0. The van der Waals surface area contributed by atoms with Crippen LogP contribution in [0.3, 0.4) is 0 Å². The smallest absolute Gasteiger partial charge is 0.234 e. The quantitative estimate of drug-likeness (QED) is 0.746. The molecule has 0 saturated carbocycles. The van der Waals surface area contributed by atoms with Gasteiger partial charge in [-0.25, -0.2) is 0 Å². The second-order valence-corrected chi connectivity index (χ2v) is 3.87. The first kappa shape index (κ1) is 11.7.